The first-order valence-electron chi connectivity index (χ1n) is 7.87. The van der Waals surface area contributed by atoms with Crippen molar-refractivity contribution in [3.05, 3.63) is 47.1 Å². The summed E-state index contributed by atoms with van der Waals surface area (Å²) in [5.74, 6) is 1.19. The van der Waals surface area contributed by atoms with Crippen LogP contribution < -0.4 is 5.32 Å². The lowest BCUT2D eigenvalue weighted by molar-refractivity contribution is 0.0946. The molecule has 0 atom stereocenters. The van der Waals surface area contributed by atoms with E-state index in [4.69, 9.17) is 9.78 Å². The number of benzene rings is 1. The lowest BCUT2D eigenvalue weighted by atomic mass is 9.89. The second kappa shape index (κ2) is 7.05. The molecule has 1 aromatic carbocycles. The van der Waals surface area contributed by atoms with E-state index >= 15 is 0 Å². The fourth-order valence-electron chi connectivity index (χ4n) is 2.90. The van der Waals surface area contributed by atoms with E-state index in [1.54, 1.807) is 24.3 Å². The highest BCUT2D eigenvalue weighted by molar-refractivity contribution is 5.96. The normalized spacial score (nSPS) is 15.1. The number of amides is 1. The minimum absolute atomic E-state index is 0.165. The van der Waals surface area contributed by atoms with Gasteiger partial charge in [0.2, 0.25) is 5.89 Å². The maximum atomic E-state index is 12.2. The van der Waals surface area contributed by atoms with Crippen molar-refractivity contribution in [1.82, 2.24) is 15.5 Å². The van der Waals surface area contributed by atoms with E-state index in [0.29, 0.717) is 22.9 Å². The van der Waals surface area contributed by atoms with Gasteiger partial charge in [0.1, 0.15) is 0 Å². The highest BCUT2D eigenvalue weighted by Gasteiger charge is 2.21. The van der Waals surface area contributed by atoms with Gasteiger partial charge >= 0.3 is 0 Å². The Morgan fingerprint density at radius 3 is 2.87 bits per heavy atom. The van der Waals surface area contributed by atoms with Gasteiger partial charge in [-0.05, 0) is 25.0 Å². The van der Waals surface area contributed by atoms with E-state index in [0.717, 1.165) is 18.7 Å². The monoisotopic (exact) mass is 310 g/mol. The van der Waals surface area contributed by atoms with E-state index in [-0.39, 0.29) is 12.5 Å². The summed E-state index contributed by atoms with van der Waals surface area (Å²) in [4.78, 5) is 16.5. The molecule has 1 aromatic heterocycles. The van der Waals surface area contributed by atoms with Crippen molar-refractivity contribution in [3.63, 3.8) is 0 Å². The van der Waals surface area contributed by atoms with E-state index in [1.165, 1.54) is 19.3 Å². The third-order valence-electron chi connectivity index (χ3n) is 4.15. The molecule has 6 heteroatoms. The molecule has 1 aliphatic rings. The smallest absolute Gasteiger partial charge is 0.253 e. The maximum Gasteiger partial charge on any atom is 0.253 e. The third-order valence-corrected chi connectivity index (χ3v) is 4.15. The number of rotatable bonds is 4. The maximum absolute atomic E-state index is 12.2. The van der Waals surface area contributed by atoms with Crippen LogP contribution in [0.1, 0.15) is 65.7 Å². The van der Waals surface area contributed by atoms with Crippen LogP contribution in [0.4, 0.5) is 0 Å². The average Bonchev–Trinajstić information content (AvgIpc) is 3.09. The Morgan fingerprint density at radius 2 is 2.09 bits per heavy atom. The number of carbonyl (C=O) groups is 1. The predicted molar refractivity (Wildman–Crippen MR) is 82.5 cm³/mol. The minimum atomic E-state index is -0.320. The van der Waals surface area contributed by atoms with Gasteiger partial charge in [-0.25, -0.2) is 0 Å². The van der Waals surface area contributed by atoms with Crippen LogP contribution in [0.3, 0.4) is 0 Å². The van der Waals surface area contributed by atoms with Crippen LogP contribution >= 0.6 is 0 Å². The summed E-state index contributed by atoms with van der Waals surface area (Å²) in [5.41, 5.74) is 0.695. The number of nitriles is 1. The van der Waals surface area contributed by atoms with E-state index in [9.17, 15) is 4.79 Å². The number of carbonyl (C=O) groups excluding carboxylic acids is 1. The molecule has 6 nitrogen and oxygen atoms in total. The van der Waals surface area contributed by atoms with E-state index in [2.05, 4.69) is 15.5 Å². The molecule has 0 aliphatic heterocycles. The molecule has 1 N–H and O–H groups in total. The van der Waals surface area contributed by atoms with Crippen molar-refractivity contribution in [2.75, 3.05) is 0 Å². The first-order valence-corrected chi connectivity index (χ1v) is 7.87. The van der Waals surface area contributed by atoms with E-state index in [1.807, 2.05) is 6.07 Å². The zero-order chi connectivity index (χ0) is 16.1. The molecule has 1 saturated carbocycles. The molecule has 23 heavy (non-hydrogen) atoms. The number of hydrogen-bond acceptors (Lipinski definition) is 5. The molecule has 0 unspecified atom stereocenters. The highest BCUT2D eigenvalue weighted by atomic mass is 16.5. The Hall–Kier alpha value is -2.68. The quantitative estimate of drug-likeness (QED) is 0.937. The molecule has 1 aliphatic carbocycles. The van der Waals surface area contributed by atoms with Gasteiger partial charge in [0.15, 0.2) is 5.82 Å². The lowest BCUT2D eigenvalue weighted by Crippen LogP contribution is -2.23. The van der Waals surface area contributed by atoms with Gasteiger partial charge in [0.25, 0.3) is 5.91 Å². The molecule has 3 rings (SSSR count). The van der Waals surface area contributed by atoms with Crippen molar-refractivity contribution in [2.45, 2.75) is 44.6 Å². The Morgan fingerprint density at radius 1 is 1.30 bits per heavy atom. The molecular formula is C17H18N4O2. The fourth-order valence-corrected chi connectivity index (χ4v) is 2.90. The Balaban J connectivity index is 1.61. The van der Waals surface area contributed by atoms with Crippen LogP contribution in [0.5, 0.6) is 0 Å². The summed E-state index contributed by atoms with van der Waals surface area (Å²) in [5, 5.41) is 15.8. The summed E-state index contributed by atoms with van der Waals surface area (Å²) >= 11 is 0. The molecule has 2 aromatic rings. The lowest BCUT2D eigenvalue weighted by Gasteiger charge is -2.17. The largest absolute Gasteiger partial charge is 0.343 e. The molecule has 1 amide bonds. The summed E-state index contributed by atoms with van der Waals surface area (Å²) in [6.07, 6.45) is 5.88. The van der Waals surface area contributed by atoms with Gasteiger partial charge in [-0.3, -0.25) is 4.79 Å². The predicted octanol–water partition coefficient (Wildman–Crippen LogP) is 2.92. The van der Waals surface area contributed by atoms with Crippen molar-refractivity contribution in [2.24, 2.45) is 0 Å². The topological polar surface area (TPSA) is 91.8 Å². The Kier molecular flexibility index (Phi) is 4.67. The second-order valence-electron chi connectivity index (χ2n) is 5.72. The Bertz CT molecular complexity index is 726. The van der Waals surface area contributed by atoms with Crippen LogP contribution in [-0.4, -0.2) is 16.0 Å². The van der Waals surface area contributed by atoms with Crippen LogP contribution in [0, 0.1) is 11.3 Å². The van der Waals surface area contributed by atoms with Gasteiger partial charge in [0.05, 0.1) is 23.7 Å². The van der Waals surface area contributed by atoms with Crippen LogP contribution in [0.15, 0.2) is 28.8 Å². The molecule has 1 heterocycles. The number of nitrogens with one attached hydrogen (secondary N) is 1. The standard InChI is InChI=1S/C17H18N4O2/c18-10-13-8-4-5-9-14(13)17(22)19-11-15-20-16(21-23-15)12-6-2-1-3-7-12/h4-5,8-9,12H,1-3,6-7,11H2,(H,19,22). The second-order valence-corrected chi connectivity index (χ2v) is 5.72. The summed E-state index contributed by atoms with van der Waals surface area (Å²) in [6.45, 7) is 0.165. The third kappa shape index (κ3) is 3.57. The van der Waals surface area contributed by atoms with Crippen molar-refractivity contribution >= 4 is 5.91 Å². The van der Waals surface area contributed by atoms with Gasteiger partial charge < -0.3 is 9.84 Å². The molecule has 1 fully saturated rings. The van der Waals surface area contributed by atoms with Crippen molar-refractivity contribution < 1.29 is 9.32 Å². The number of aromatic nitrogens is 2. The first-order chi connectivity index (χ1) is 11.3. The molecule has 0 radical (unpaired) electrons. The fraction of sp³-hybridized carbons (Fsp3) is 0.412. The van der Waals surface area contributed by atoms with Crippen LogP contribution in [0.25, 0.3) is 0 Å². The molecular weight excluding hydrogens is 292 g/mol. The molecule has 0 bridgehead atoms. The summed E-state index contributed by atoms with van der Waals surface area (Å²) in [7, 11) is 0. The van der Waals surface area contributed by atoms with Gasteiger partial charge in [0, 0.05) is 5.92 Å². The SMILES string of the molecule is N#Cc1ccccc1C(=O)NCc1nc(C2CCCCC2)no1. The van der Waals surface area contributed by atoms with E-state index < -0.39 is 0 Å². The first kappa shape index (κ1) is 15.2. The van der Waals surface area contributed by atoms with Gasteiger partial charge in [-0.1, -0.05) is 36.6 Å². The highest BCUT2D eigenvalue weighted by Crippen LogP contribution is 2.30. The Labute approximate surface area is 134 Å². The average molecular weight is 310 g/mol. The number of hydrogen-bond donors (Lipinski definition) is 1. The van der Waals surface area contributed by atoms with Gasteiger partial charge in [-0.2, -0.15) is 10.2 Å². The zero-order valence-electron chi connectivity index (χ0n) is 12.8. The van der Waals surface area contributed by atoms with Crippen LogP contribution in [-0.2, 0) is 6.54 Å². The zero-order valence-corrected chi connectivity index (χ0v) is 12.8. The van der Waals surface area contributed by atoms with Crippen LogP contribution in [0.2, 0.25) is 0 Å². The number of nitrogens with zero attached hydrogens (tertiary/aromatic N) is 3. The van der Waals surface area contributed by atoms with Crippen molar-refractivity contribution in [3.8, 4) is 6.07 Å². The van der Waals surface area contributed by atoms with Gasteiger partial charge in [-0.15, -0.1) is 0 Å². The summed E-state index contributed by atoms with van der Waals surface area (Å²) in [6, 6.07) is 8.70. The summed E-state index contributed by atoms with van der Waals surface area (Å²) < 4.78 is 5.22. The molecule has 0 saturated heterocycles. The minimum Gasteiger partial charge on any atom is -0.343 e. The molecule has 0 spiro atoms. The molecule has 118 valence electrons. The van der Waals surface area contributed by atoms with Crippen molar-refractivity contribution in [1.29, 1.82) is 5.26 Å².